The van der Waals surface area contributed by atoms with E-state index < -0.39 is 62.5 Å². The quantitative estimate of drug-likeness (QED) is 0.0727. The first-order valence-electron chi connectivity index (χ1n) is 23.8. The van der Waals surface area contributed by atoms with E-state index >= 15 is 0 Å². The van der Waals surface area contributed by atoms with Gasteiger partial charge in [-0.25, -0.2) is 9.59 Å². The van der Waals surface area contributed by atoms with E-state index in [9.17, 15) is 29.6 Å². The van der Waals surface area contributed by atoms with Crippen LogP contribution in [-0.4, -0.2) is 119 Å². The van der Waals surface area contributed by atoms with Gasteiger partial charge in [-0.1, -0.05) is 50.3 Å². The molecule has 5 aliphatic heterocycles. The first-order valence-corrected chi connectivity index (χ1v) is 23.8. The molecule has 67 heavy (non-hydrogen) atoms. The van der Waals surface area contributed by atoms with Crippen LogP contribution in [0.5, 0.6) is 5.75 Å². The van der Waals surface area contributed by atoms with Crippen LogP contribution in [-0.2, 0) is 36.3 Å². The normalized spacial score (nSPS) is 33.9. The molecule has 1 spiro atoms. The highest BCUT2D eigenvalue weighted by Crippen LogP contribution is 2.68. The Balaban J connectivity index is 1.11. The van der Waals surface area contributed by atoms with Gasteiger partial charge in [0.05, 0.1) is 23.6 Å². The second-order valence-corrected chi connectivity index (χ2v) is 20.6. The molecular weight excluding hydrogens is 853 g/mol. The number of aliphatic hydroxyl groups is 1. The second-order valence-electron chi connectivity index (χ2n) is 20.6. The number of aryl methyl sites for hydroxylation is 1. The Labute approximate surface area is 390 Å². The predicted molar refractivity (Wildman–Crippen MR) is 252 cm³/mol. The van der Waals surface area contributed by atoms with Crippen LogP contribution in [0.25, 0.3) is 10.9 Å². The van der Waals surface area contributed by atoms with Gasteiger partial charge >= 0.3 is 18.0 Å². The summed E-state index contributed by atoms with van der Waals surface area (Å²) in [4.78, 5) is 63.0. The molecule has 6 heterocycles. The number of benzene rings is 3. The number of rotatable bonds is 8. The van der Waals surface area contributed by atoms with Gasteiger partial charge in [-0.15, -0.1) is 0 Å². The third kappa shape index (κ3) is 6.50. The summed E-state index contributed by atoms with van der Waals surface area (Å²) in [5.74, 6) is -1.04. The number of esters is 2. The van der Waals surface area contributed by atoms with E-state index in [0.29, 0.717) is 38.8 Å². The number of H-pyrrole nitrogens is 1. The standard InChI is InChI=1S/C52H62N6O9/c1-8-49(54-47(61)67-35-17-15-34(16-18-35)58(63)64)28-33-27-48(5,42-37(19-23-56(29-33)30-49)36-13-10-11-14-40(36)53-42)38-26-39-41(25-31(38)3)55(6)44-51(39)21-24-57-22-12-20-50(9-2,43(51)57)45(66-32(4)59)52(44,62)46(60)65-7/h10-18,20,25-26,33,43-45,53,62H,8-9,19,21-24,27-30H2,1-7H3,(H,54,61)/t33-,43-,44+,45+,48+,49?,50+,51+,52?/m0/s1. The molecule has 1 saturated carbocycles. The van der Waals surface area contributed by atoms with Crippen molar-refractivity contribution in [1.82, 2.24) is 20.1 Å². The molecule has 0 radical (unpaired) electrons. The van der Waals surface area contributed by atoms with Gasteiger partial charge in [0, 0.05) is 96.9 Å². The number of carbonyl (C=O) groups excluding carboxylic acids is 3. The van der Waals surface area contributed by atoms with Gasteiger partial charge in [-0.3, -0.25) is 19.8 Å². The minimum Gasteiger partial charge on any atom is -0.467 e. The lowest BCUT2D eigenvalue weighted by atomic mass is 9.47. The Bertz CT molecular complexity index is 2720. The molecule has 3 fully saturated rings. The summed E-state index contributed by atoms with van der Waals surface area (Å²) in [6.07, 6.45) is 6.46. The summed E-state index contributed by atoms with van der Waals surface area (Å²) in [7, 11) is 3.24. The topological polar surface area (TPSA) is 180 Å². The number of nitro groups is 1. The van der Waals surface area contributed by atoms with Crippen molar-refractivity contribution in [3.05, 3.63) is 111 Å². The lowest BCUT2D eigenvalue weighted by Crippen LogP contribution is -2.81. The summed E-state index contributed by atoms with van der Waals surface area (Å²) >= 11 is 0. The highest BCUT2D eigenvalue weighted by Gasteiger charge is 2.80. The summed E-state index contributed by atoms with van der Waals surface area (Å²) in [5, 5.41) is 29.1. The second kappa shape index (κ2) is 15.9. The molecular formula is C52H62N6O9. The van der Waals surface area contributed by atoms with Crippen LogP contribution in [0.2, 0.25) is 0 Å². The molecule has 15 nitrogen and oxygen atoms in total. The Morgan fingerprint density at radius 3 is 2.48 bits per heavy atom. The number of non-ortho nitro benzene ring substituents is 1. The molecule has 2 bridgehead atoms. The lowest BCUT2D eigenvalue weighted by Gasteiger charge is -2.63. The van der Waals surface area contributed by atoms with Crippen LogP contribution in [0.3, 0.4) is 0 Å². The molecule has 2 saturated heterocycles. The summed E-state index contributed by atoms with van der Waals surface area (Å²) in [6, 6.07) is 17.7. The maximum absolute atomic E-state index is 14.5. The number of hydrogen-bond acceptors (Lipinski definition) is 12. The van der Waals surface area contributed by atoms with E-state index in [4.69, 9.17) is 14.2 Å². The molecule has 3 N–H and O–H groups in total. The molecule has 354 valence electrons. The van der Waals surface area contributed by atoms with Crippen molar-refractivity contribution < 1.29 is 38.6 Å². The molecule has 1 aromatic heterocycles. The molecule has 15 heteroatoms. The molecule has 4 aromatic rings. The molecule has 10 rings (SSSR count). The van der Waals surface area contributed by atoms with Crippen molar-refractivity contribution in [2.75, 3.05) is 51.8 Å². The van der Waals surface area contributed by atoms with Gasteiger partial charge in [0.2, 0.25) is 5.60 Å². The van der Waals surface area contributed by atoms with Gasteiger partial charge in [-0.05, 0) is 111 Å². The summed E-state index contributed by atoms with van der Waals surface area (Å²) in [5.41, 5.74) is 2.57. The Morgan fingerprint density at radius 2 is 1.78 bits per heavy atom. The first-order chi connectivity index (χ1) is 32.0. The van der Waals surface area contributed by atoms with Gasteiger partial charge < -0.3 is 39.4 Å². The number of aromatic amines is 1. The number of carbonyl (C=O) groups is 3. The number of nitrogens with zero attached hydrogens (tertiary/aromatic N) is 4. The highest BCUT2D eigenvalue weighted by atomic mass is 16.6. The van der Waals surface area contributed by atoms with Crippen molar-refractivity contribution >= 4 is 40.3 Å². The number of likely N-dealkylation sites (N-methyl/N-ethyl adjacent to an activating group) is 1. The van der Waals surface area contributed by atoms with Crippen molar-refractivity contribution in [2.24, 2.45) is 11.3 Å². The third-order valence-corrected chi connectivity index (χ3v) is 17.1. The van der Waals surface area contributed by atoms with Crippen molar-refractivity contribution in [3.8, 4) is 5.75 Å². The largest absolute Gasteiger partial charge is 0.467 e. The van der Waals surface area contributed by atoms with E-state index in [1.54, 1.807) is 0 Å². The third-order valence-electron chi connectivity index (χ3n) is 17.1. The van der Waals surface area contributed by atoms with E-state index in [1.165, 1.54) is 54.9 Å². The number of methoxy groups -OCH3 is 1. The highest BCUT2D eigenvalue weighted by molar-refractivity contribution is 5.88. The maximum Gasteiger partial charge on any atom is 0.413 e. The first kappa shape index (κ1) is 45.0. The average molecular weight is 915 g/mol. The minimum atomic E-state index is -2.22. The van der Waals surface area contributed by atoms with Crippen LogP contribution in [0.15, 0.2) is 72.8 Å². The number of aromatic nitrogens is 1. The lowest BCUT2D eigenvalue weighted by molar-refractivity contribution is -0.384. The fraction of sp³-hybridized carbons (Fsp3) is 0.519. The predicted octanol–water partition coefficient (Wildman–Crippen LogP) is 6.84. The summed E-state index contributed by atoms with van der Waals surface area (Å²) < 4.78 is 17.5. The average Bonchev–Trinajstić information content (AvgIpc) is 3.96. The molecule has 1 aliphatic carbocycles. The van der Waals surface area contributed by atoms with Crippen molar-refractivity contribution in [1.29, 1.82) is 0 Å². The number of para-hydroxylation sites is 1. The molecule has 6 aliphatic rings. The zero-order valence-corrected chi connectivity index (χ0v) is 39.5. The Morgan fingerprint density at radius 1 is 1.01 bits per heavy atom. The summed E-state index contributed by atoms with van der Waals surface area (Å²) in [6.45, 7) is 13.7. The number of anilines is 1. The van der Waals surface area contributed by atoms with E-state index in [0.717, 1.165) is 60.4 Å². The fourth-order valence-corrected chi connectivity index (χ4v) is 14.7. The van der Waals surface area contributed by atoms with Crippen molar-refractivity contribution in [3.63, 3.8) is 0 Å². The number of hydrogen-bond donors (Lipinski definition) is 3. The zero-order chi connectivity index (χ0) is 47.4. The molecule has 1 amide bonds. The molecule has 3 unspecified atom stereocenters. The van der Waals surface area contributed by atoms with Crippen LogP contribution in [0, 0.1) is 28.4 Å². The van der Waals surface area contributed by atoms with Gasteiger partial charge in [0.25, 0.3) is 5.69 Å². The molecule has 3 aromatic carbocycles. The fourth-order valence-electron chi connectivity index (χ4n) is 14.7. The number of nitro benzene ring substituents is 1. The smallest absolute Gasteiger partial charge is 0.413 e. The maximum atomic E-state index is 14.5. The van der Waals surface area contributed by atoms with Gasteiger partial charge in [0.1, 0.15) is 5.75 Å². The Hall–Kier alpha value is -5.77. The number of nitrogens with one attached hydrogen (secondary N) is 2. The van der Waals surface area contributed by atoms with Crippen LogP contribution in [0.4, 0.5) is 16.2 Å². The van der Waals surface area contributed by atoms with Crippen LogP contribution < -0.4 is 15.0 Å². The number of amides is 1. The van der Waals surface area contributed by atoms with Gasteiger partial charge in [-0.2, -0.15) is 0 Å². The van der Waals surface area contributed by atoms with Crippen LogP contribution in [0.1, 0.15) is 87.7 Å². The number of piperidine rings is 1. The minimum absolute atomic E-state index is 0.0837. The Kier molecular flexibility index (Phi) is 10.7. The number of fused-ring (bicyclic) bond motifs is 6. The molecule has 10 atom stereocenters. The van der Waals surface area contributed by atoms with Crippen molar-refractivity contribution in [2.45, 2.75) is 113 Å². The monoisotopic (exact) mass is 914 g/mol. The van der Waals surface area contributed by atoms with E-state index in [1.807, 2.05) is 7.05 Å². The van der Waals surface area contributed by atoms with Gasteiger partial charge in [0.15, 0.2) is 6.10 Å². The number of ether oxygens (including phenoxy) is 3. The SMILES string of the molecule is CCC1(NC(=O)Oc2ccc([N+](=O)[O-])cc2)C[C@H]2CN(CCc3c([nH]c4ccccc34)[C@@](C)(c3cc4c(cc3C)N(C)[C@H]3C(O)(C(=O)OC)[C@H](OC(C)=O)[C@]5(CC)C=CCN6CC[C@]43[C@@H]65)C2)C1. The van der Waals surface area contributed by atoms with E-state index in [2.05, 4.69) is 101 Å². The van der Waals surface area contributed by atoms with E-state index in [-0.39, 0.29) is 23.4 Å². The zero-order valence-electron chi connectivity index (χ0n) is 39.5. The van der Waals surface area contributed by atoms with Crippen LogP contribution >= 0.6 is 0 Å².